The van der Waals surface area contributed by atoms with Gasteiger partial charge in [-0.1, -0.05) is 6.07 Å². The number of anilines is 1. The first-order valence-electron chi connectivity index (χ1n) is 4.53. The highest BCUT2D eigenvalue weighted by molar-refractivity contribution is 9.10. The molecule has 2 aromatic rings. The van der Waals surface area contributed by atoms with E-state index in [-0.39, 0.29) is 0 Å². The summed E-state index contributed by atoms with van der Waals surface area (Å²) in [6.45, 7) is 1.61. The van der Waals surface area contributed by atoms with Crippen molar-refractivity contribution in [3.8, 4) is 0 Å². The molecule has 0 radical (unpaired) electrons. The molecule has 2 heterocycles. The predicted octanol–water partition coefficient (Wildman–Crippen LogP) is 1.55. The average Bonchev–Trinajstić information content (AvgIpc) is 2.71. The van der Waals surface area contributed by atoms with E-state index in [4.69, 9.17) is 0 Å². The van der Waals surface area contributed by atoms with Crippen LogP contribution in [0.2, 0.25) is 0 Å². The Labute approximate surface area is 95.7 Å². The Morgan fingerprint density at radius 3 is 2.80 bits per heavy atom. The fourth-order valence-corrected chi connectivity index (χ4v) is 1.50. The first-order chi connectivity index (χ1) is 7.34. The van der Waals surface area contributed by atoms with Gasteiger partial charge in [-0.25, -0.2) is 4.98 Å². The van der Waals surface area contributed by atoms with Crippen molar-refractivity contribution in [1.29, 1.82) is 0 Å². The van der Waals surface area contributed by atoms with Crippen LogP contribution in [-0.4, -0.2) is 26.3 Å². The minimum absolute atomic E-state index is 0.793. The highest BCUT2D eigenvalue weighted by Crippen LogP contribution is 2.09. The van der Waals surface area contributed by atoms with Crippen LogP contribution in [0.3, 0.4) is 0 Å². The van der Waals surface area contributed by atoms with E-state index in [1.165, 1.54) is 0 Å². The van der Waals surface area contributed by atoms with E-state index in [2.05, 4.69) is 36.4 Å². The Hall–Kier alpha value is -1.43. The average molecular weight is 268 g/mol. The monoisotopic (exact) mass is 267 g/mol. The summed E-state index contributed by atoms with van der Waals surface area (Å²) in [6, 6.07) is 5.76. The van der Waals surface area contributed by atoms with Gasteiger partial charge in [0.25, 0.3) is 0 Å². The molecule has 0 spiro atoms. The molecule has 0 saturated carbocycles. The van der Waals surface area contributed by atoms with E-state index in [0.29, 0.717) is 0 Å². The molecule has 0 saturated heterocycles. The molecule has 78 valence electrons. The molecule has 0 unspecified atom stereocenters. The van der Waals surface area contributed by atoms with Gasteiger partial charge in [0.2, 0.25) is 0 Å². The smallest absolute Gasteiger partial charge is 0.127 e. The number of nitrogens with zero attached hydrogens (tertiary/aromatic N) is 4. The van der Waals surface area contributed by atoms with E-state index in [0.717, 1.165) is 23.5 Å². The minimum Gasteiger partial charge on any atom is -0.368 e. The molecule has 0 fully saturated rings. The van der Waals surface area contributed by atoms with Crippen LogP contribution in [0.4, 0.5) is 5.82 Å². The Balaban J connectivity index is 1.83. The lowest BCUT2D eigenvalue weighted by Gasteiger charge is -2.05. The molecular formula is C9H10BrN5. The summed E-state index contributed by atoms with van der Waals surface area (Å²) in [5, 5.41) is 10.7. The van der Waals surface area contributed by atoms with Crippen LogP contribution in [0.15, 0.2) is 35.5 Å². The van der Waals surface area contributed by atoms with Crippen molar-refractivity contribution >= 4 is 21.7 Å². The van der Waals surface area contributed by atoms with Gasteiger partial charge < -0.3 is 9.88 Å². The fraction of sp³-hybridized carbons (Fsp3) is 0.222. The number of hydrogen-bond acceptors (Lipinski definition) is 4. The van der Waals surface area contributed by atoms with Gasteiger partial charge >= 0.3 is 0 Å². The zero-order valence-electron chi connectivity index (χ0n) is 7.97. The summed E-state index contributed by atoms with van der Waals surface area (Å²) in [5.41, 5.74) is 0. The number of halogens is 1. The molecule has 0 aliphatic carbocycles. The molecule has 6 heteroatoms. The normalized spacial score (nSPS) is 10.2. The van der Waals surface area contributed by atoms with Gasteiger partial charge in [0, 0.05) is 13.1 Å². The summed E-state index contributed by atoms with van der Waals surface area (Å²) in [6.07, 6.45) is 3.38. The maximum Gasteiger partial charge on any atom is 0.127 e. The maximum atomic E-state index is 4.26. The lowest BCUT2D eigenvalue weighted by atomic mass is 10.4. The summed E-state index contributed by atoms with van der Waals surface area (Å²) in [5.74, 6) is 0.859. The molecule has 0 amide bonds. The third-order valence-electron chi connectivity index (χ3n) is 1.86. The van der Waals surface area contributed by atoms with Crippen molar-refractivity contribution < 1.29 is 0 Å². The number of nitrogens with one attached hydrogen (secondary N) is 1. The van der Waals surface area contributed by atoms with Crippen LogP contribution in [0.1, 0.15) is 0 Å². The number of hydrogen-bond donors (Lipinski definition) is 1. The van der Waals surface area contributed by atoms with Crippen molar-refractivity contribution in [2.24, 2.45) is 0 Å². The van der Waals surface area contributed by atoms with Crippen LogP contribution >= 0.6 is 15.9 Å². The highest BCUT2D eigenvalue weighted by Gasteiger charge is 1.94. The Bertz CT molecular complexity index is 414. The van der Waals surface area contributed by atoms with E-state index >= 15 is 0 Å². The second-order valence-electron chi connectivity index (χ2n) is 2.97. The summed E-state index contributed by atoms with van der Waals surface area (Å²) in [4.78, 5) is 4.26. The zero-order chi connectivity index (χ0) is 10.5. The molecule has 0 aliphatic heterocycles. The van der Waals surface area contributed by atoms with Gasteiger partial charge in [-0.15, -0.1) is 10.2 Å². The van der Waals surface area contributed by atoms with E-state index < -0.39 is 0 Å². The van der Waals surface area contributed by atoms with Gasteiger partial charge in [0.15, 0.2) is 0 Å². The van der Waals surface area contributed by atoms with Crippen LogP contribution < -0.4 is 5.32 Å². The zero-order valence-corrected chi connectivity index (χ0v) is 9.55. The summed E-state index contributed by atoms with van der Waals surface area (Å²) < 4.78 is 2.74. The van der Waals surface area contributed by atoms with E-state index in [1.807, 2.05) is 22.8 Å². The van der Waals surface area contributed by atoms with Gasteiger partial charge in [0.1, 0.15) is 23.1 Å². The van der Waals surface area contributed by atoms with Crippen molar-refractivity contribution in [3.05, 3.63) is 35.5 Å². The maximum absolute atomic E-state index is 4.26. The second kappa shape index (κ2) is 4.88. The van der Waals surface area contributed by atoms with Gasteiger partial charge in [-0.2, -0.15) is 0 Å². The lowest BCUT2D eigenvalue weighted by molar-refractivity contribution is 0.722. The molecule has 5 nitrogen and oxygen atoms in total. The Kier molecular flexibility index (Phi) is 3.29. The van der Waals surface area contributed by atoms with Crippen molar-refractivity contribution in [3.63, 3.8) is 0 Å². The lowest BCUT2D eigenvalue weighted by Crippen LogP contribution is -2.10. The quantitative estimate of drug-likeness (QED) is 0.855. The van der Waals surface area contributed by atoms with Crippen molar-refractivity contribution in [1.82, 2.24) is 19.7 Å². The standard InChI is InChI=1S/C9H10BrN5/c10-8-2-1-3-9(14-8)11-4-5-15-6-12-13-7-15/h1-3,6-7H,4-5H2,(H,11,14). The number of aromatic nitrogens is 4. The van der Waals surface area contributed by atoms with Crippen LogP contribution in [0.25, 0.3) is 0 Å². The SMILES string of the molecule is Brc1cccc(NCCn2cnnc2)n1. The minimum atomic E-state index is 0.793. The molecule has 0 bridgehead atoms. The molecular weight excluding hydrogens is 258 g/mol. The van der Waals surface area contributed by atoms with Crippen molar-refractivity contribution in [2.75, 3.05) is 11.9 Å². The molecule has 15 heavy (non-hydrogen) atoms. The van der Waals surface area contributed by atoms with Gasteiger partial charge in [-0.05, 0) is 28.1 Å². The third kappa shape index (κ3) is 3.02. The van der Waals surface area contributed by atoms with Crippen molar-refractivity contribution in [2.45, 2.75) is 6.54 Å². The summed E-state index contributed by atoms with van der Waals surface area (Å²) >= 11 is 3.32. The molecule has 2 aromatic heterocycles. The number of rotatable bonds is 4. The predicted molar refractivity (Wildman–Crippen MR) is 60.4 cm³/mol. The van der Waals surface area contributed by atoms with E-state index in [9.17, 15) is 0 Å². The van der Waals surface area contributed by atoms with Gasteiger partial charge in [0.05, 0.1) is 0 Å². The number of pyridine rings is 1. The van der Waals surface area contributed by atoms with Crippen LogP contribution in [0, 0.1) is 0 Å². The Morgan fingerprint density at radius 1 is 1.27 bits per heavy atom. The fourth-order valence-electron chi connectivity index (χ4n) is 1.16. The van der Waals surface area contributed by atoms with E-state index in [1.54, 1.807) is 12.7 Å². The molecule has 1 N–H and O–H groups in total. The largest absolute Gasteiger partial charge is 0.368 e. The van der Waals surface area contributed by atoms with Crippen LogP contribution in [-0.2, 0) is 6.54 Å². The second-order valence-corrected chi connectivity index (χ2v) is 3.78. The highest BCUT2D eigenvalue weighted by atomic mass is 79.9. The summed E-state index contributed by atoms with van der Waals surface area (Å²) in [7, 11) is 0. The molecule has 0 aromatic carbocycles. The first-order valence-corrected chi connectivity index (χ1v) is 5.33. The topological polar surface area (TPSA) is 55.6 Å². The molecule has 0 atom stereocenters. The Morgan fingerprint density at radius 2 is 2.07 bits per heavy atom. The molecule has 0 aliphatic rings. The molecule has 2 rings (SSSR count). The third-order valence-corrected chi connectivity index (χ3v) is 2.30. The van der Waals surface area contributed by atoms with Gasteiger partial charge in [-0.3, -0.25) is 0 Å². The van der Waals surface area contributed by atoms with Crippen LogP contribution in [0.5, 0.6) is 0 Å². The first kappa shape index (κ1) is 10.1.